The number of nitrogen functional groups attached to an aromatic ring is 1. The molecule has 0 bridgehead atoms. The van der Waals surface area contributed by atoms with Crippen LogP contribution in [0.3, 0.4) is 0 Å². The first-order chi connectivity index (χ1) is 8.86. The summed E-state index contributed by atoms with van der Waals surface area (Å²) < 4.78 is 26.7. The highest BCUT2D eigenvalue weighted by Crippen LogP contribution is 2.17. The van der Waals surface area contributed by atoms with Crippen LogP contribution in [0.5, 0.6) is 0 Å². The molecule has 1 aromatic rings. The van der Waals surface area contributed by atoms with Crippen molar-refractivity contribution in [1.82, 2.24) is 10.6 Å². The first kappa shape index (κ1) is 14.9. The van der Waals surface area contributed by atoms with Crippen LogP contribution in [-0.4, -0.2) is 24.4 Å². The van der Waals surface area contributed by atoms with Crippen molar-refractivity contribution in [3.05, 3.63) is 29.3 Å². The Kier molecular flexibility index (Phi) is 4.80. The van der Waals surface area contributed by atoms with Crippen molar-refractivity contribution in [3.8, 4) is 0 Å². The fraction of sp³-hybridized carbons (Fsp3) is 0.333. The third kappa shape index (κ3) is 3.64. The van der Waals surface area contributed by atoms with Gasteiger partial charge in [0.15, 0.2) is 5.82 Å². The molecule has 19 heavy (non-hydrogen) atoms. The van der Waals surface area contributed by atoms with Gasteiger partial charge in [0.2, 0.25) is 5.91 Å². The molecule has 0 aliphatic rings. The summed E-state index contributed by atoms with van der Waals surface area (Å²) in [4.78, 5) is 23.1. The summed E-state index contributed by atoms with van der Waals surface area (Å²) in [5.41, 5.74) is 4.23. The Morgan fingerprint density at radius 3 is 2.58 bits per heavy atom. The number of rotatable bonds is 4. The third-order valence-corrected chi connectivity index (χ3v) is 2.40. The second kappa shape index (κ2) is 6.12. The van der Waals surface area contributed by atoms with E-state index in [2.05, 4.69) is 10.6 Å². The predicted octanol–water partition coefficient (Wildman–Crippen LogP) is 0.801. The average molecular weight is 271 g/mol. The molecular weight excluding hydrogens is 256 g/mol. The Morgan fingerprint density at radius 1 is 1.37 bits per heavy atom. The van der Waals surface area contributed by atoms with Crippen molar-refractivity contribution in [2.24, 2.45) is 0 Å². The molecule has 4 N–H and O–H groups in total. The maximum Gasteiger partial charge on any atom is 0.255 e. The molecule has 0 saturated heterocycles. The molecule has 0 heterocycles. The van der Waals surface area contributed by atoms with E-state index >= 15 is 0 Å². The molecule has 1 unspecified atom stereocenters. The molecule has 0 radical (unpaired) electrons. The van der Waals surface area contributed by atoms with Crippen molar-refractivity contribution in [3.63, 3.8) is 0 Å². The lowest BCUT2D eigenvalue weighted by Gasteiger charge is -2.14. The Hall–Kier alpha value is -2.18. The molecule has 0 saturated carbocycles. The molecule has 0 fully saturated rings. The summed E-state index contributed by atoms with van der Waals surface area (Å²) >= 11 is 0. The Balaban J connectivity index is 2.87. The van der Waals surface area contributed by atoms with Crippen molar-refractivity contribution >= 4 is 17.5 Å². The summed E-state index contributed by atoms with van der Waals surface area (Å²) in [5, 5.41) is 4.76. The van der Waals surface area contributed by atoms with Gasteiger partial charge in [-0.2, -0.15) is 0 Å². The normalized spacial score (nSPS) is 11.8. The molecule has 104 valence electrons. The lowest BCUT2D eigenvalue weighted by Crippen LogP contribution is -2.45. The SMILES string of the molecule is CCNC(=O)C(C)NC(=O)c1cc(F)cc(N)c1F. The standard InChI is InChI=1S/C12H15F2N3O2/c1-3-16-11(18)6(2)17-12(19)8-4-7(13)5-9(15)10(8)14/h4-6H,3,15H2,1-2H3,(H,16,18)(H,17,19). The molecule has 1 rings (SSSR count). The summed E-state index contributed by atoms with van der Waals surface area (Å²) in [5.74, 6) is -3.15. The minimum atomic E-state index is -1.01. The summed E-state index contributed by atoms with van der Waals surface area (Å²) in [7, 11) is 0. The van der Waals surface area contributed by atoms with Crippen LogP contribution in [0.15, 0.2) is 12.1 Å². The van der Waals surface area contributed by atoms with Crippen molar-refractivity contribution < 1.29 is 18.4 Å². The minimum Gasteiger partial charge on any atom is -0.396 e. The lowest BCUT2D eigenvalue weighted by molar-refractivity contribution is -0.122. The van der Waals surface area contributed by atoms with Gasteiger partial charge < -0.3 is 16.4 Å². The monoisotopic (exact) mass is 271 g/mol. The Labute approximate surface area is 109 Å². The number of likely N-dealkylation sites (N-methyl/N-ethyl adjacent to an activating group) is 1. The van der Waals surface area contributed by atoms with E-state index in [1.807, 2.05) is 0 Å². The molecule has 0 aliphatic carbocycles. The molecule has 1 atom stereocenters. The van der Waals surface area contributed by atoms with Crippen LogP contribution in [-0.2, 0) is 4.79 Å². The van der Waals surface area contributed by atoms with Crippen molar-refractivity contribution in [2.45, 2.75) is 19.9 Å². The Morgan fingerprint density at radius 2 is 2.00 bits per heavy atom. The number of carbonyl (C=O) groups excluding carboxylic acids is 2. The maximum atomic E-state index is 13.6. The summed E-state index contributed by atoms with van der Waals surface area (Å²) in [6, 6.07) is 0.640. The summed E-state index contributed by atoms with van der Waals surface area (Å²) in [6.45, 7) is 3.56. The topological polar surface area (TPSA) is 84.2 Å². The first-order valence-corrected chi connectivity index (χ1v) is 5.69. The predicted molar refractivity (Wildman–Crippen MR) is 66.4 cm³/mol. The highest BCUT2D eigenvalue weighted by molar-refractivity contribution is 5.98. The quantitative estimate of drug-likeness (QED) is 0.708. The van der Waals surface area contributed by atoms with E-state index in [0.29, 0.717) is 6.54 Å². The molecule has 1 aromatic carbocycles. The zero-order valence-corrected chi connectivity index (χ0v) is 10.6. The van der Waals surface area contributed by atoms with Crippen LogP contribution in [0.1, 0.15) is 24.2 Å². The largest absolute Gasteiger partial charge is 0.396 e. The van der Waals surface area contributed by atoms with Gasteiger partial charge in [-0.3, -0.25) is 9.59 Å². The number of hydrogen-bond acceptors (Lipinski definition) is 3. The molecular formula is C12H15F2N3O2. The number of halogens is 2. The van der Waals surface area contributed by atoms with Crippen molar-refractivity contribution in [1.29, 1.82) is 0 Å². The van der Waals surface area contributed by atoms with Crippen LogP contribution < -0.4 is 16.4 Å². The van der Waals surface area contributed by atoms with E-state index in [0.717, 1.165) is 12.1 Å². The van der Waals surface area contributed by atoms with Crippen LogP contribution in [0, 0.1) is 11.6 Å². The van der Waals surface area contributed by atoms with Gasteiger partial charge in [-0.25, -0.2) is 8.78 Å². The van der Waals surface area contributed by atoms with Crippen LogP contribution >= 0.6 is 0 Å². The number of carbonyl (C=O) groups is 2. The van der Waals surface area contributed by atoms with Gasteiger partial charge in [-0.05, 0) is 26.0 Å². The highest BCUT2D eigenvalue weighted by Gasteiger charge is 2.20. The van der Waals surface area contributed by atoms with Crippen LogP contribution in [0.4, 0.5) is 14.5 Å². The molecule has 2 amide bonds. The minimum absolute atomic E-state index is 0.403. The number of hydrogen-bond donors (Lipinski definition) is 3. The average Bonchev–Trinajstić information content (AvgIpc) is 2.33. The zero-order chi connectivity index (χ0) is 14.6. The molecule has 7 heteroatoms. The van der Waals surface area contributed by atoms with E-state index < -0.39 is 40.7 Å². The fourth-order valence-electron chi connectivity index (χ4n) is 1.44. The lowest BCUT2D eigenvalue weighted by atomic mass is 10.1. The van der Waals surface area contributed by atoms with Gasteiger partial charge in [0, 0.05) is 6.54 Å². The maximum absolute atomic E-state index is 13.6. The van der Waals surface area contributed by atoms with Crippen molar-refractivity contribution in [2.75, 3.05) is 12.3 Å². The third-order valence-electron chi connectivity index (χ3n) is 2.40. The second-order valence-corrected chi connectivity index (χ2v) is 3.95. The number of nitrogens with two attached hydrogens (primary N) is 1. The van der Waals surface area contributed by atoms with Gasteiger partial charge in [-0.15, -0.1) is 0 Å². The van der Waals surface area contributed by atoms with Gasteiger partial charge in [0.05, 0.1) is 11.3 Å². The summed E-state index contributed by atoms with van der Waals surface area (Å²) in [6.07, 6.45) is 0. The van der Waals surface area contributed by atoms with E-state index in [1.54, 1.807) is 6.92 Å². The van der Waals surface area contributed by atoms with Crippen LogP contribution in [0.25, 0.3) is 0 Å². The highest BCUT2D eigenvalue weighted by atomic mass is 19.1. The Bertz CT molecular complexity index is 506. The van der Waals surface area contributed by atoms with Gasteiger partial charge in [0.1, 0.15) is 11.9 Å². The smallest absolute Gasteiger partial charge is 0.255 e. The zero-order valence-electron chi connectivity index (χ0n) is 10.6. The number of nitrogens with one attached hydrogen (secondary N) is 2. The van der Waals surface area contributed by atoms with Gasteiger partial charge in [-0.1, -0.05) is 0 Å². The molecule has 0 aliphatic heterocycles. The molecule has 0 spiro atoms. The van der Waals surface area contributed by atoms with E-state index in [-0.39, 0.29) is 0 Å². The number of benzene rings is 1. The number of anilines is 1. The van der Waals surface area contributed by atoms with Gasteiger partial charge >= 0.3 is 0 Å². The van der Waals surface area contributed by atoms with E-state index in [4.69, 9.17) is 5.73 Å². The molecule has 5 nitrogen and oxygen atoms in total. The van der Waals surface area contributed by atoms with Crippen LogP contribution in [0.2, 0.25) is 0 Å². The van der Waals surface area contributed by atoms with E-state index in [9.17, 15) is 18.4 Å². The molecule has 0 aromatic heterocycles. The fourth-order valence-corrected chi connectivity index (χ4v) is 1.44. The van der Waals surface area contributed by atoms with Gasteiger partial charge in [0.25, 0.3) is 5.91 Å². The van der Waals surface area contributed by atoms with E-state index in [1.165, 1.54) is 6.92 Å². The first-order valence-electron chi connectivity index (χ1n) is 5.69. The second-order valence-electron chi connectivity index (χ2n) is 3.95. The number of amides is 2.